The topological polar surface area (TPSA) is 47.6 Å². The Balaban J connectivity index is 2.06. The van der Waals surface area contributed by atoms with Gasteiger partial charge in [-0.25, -0.2) is 0 Å². The maximum atomic E-state index is 12.2. The second kappa shape index (κ2) is 7.68. The summed E-state index contributed by atoms with van der Waals surface area (Å²) in [7, 11) is 3.23. The number of amides is 1. The molecule has 0 aliphatic carbocycles. The third-order valence-electron chi connectivity index (χ3n) is 3.89. The third kappa shape index (κ3) is 4.25. The first-order chi connectivity index (χ1) is 11.0. The van der Waals surface area contributed by atoms with Crippen molar-refractivity contribution in [3.63, 3.8) is 0 Å². The number of carbonyl (C=O) groups excluding carboxylic acids is 1. The van der Waals surface area contributed by atoms with Gasteiger partial charge in [-0.15, -0.1) is 0 Å². The van der Waals surface area contributed by atoms with Crippen LogP contribution >= 0.6 is 0 Å². The maximum Gasteiger partial charge on any atom is 0.224 e. The van der Waals surface area contributed by atoms with Crippen molar-refractivity contribution in [1.82, 2.24) is 5.32 Å². The monoisotopic (exact) mass is 313 g/mol. The highest BCUT2D eigenvalue weighted by Crippen LogP contribution is 2.28. The second-order valence-electron chi connectivity index (χ2n) is 5.51. The Hall–Kier alpha value is -2.49. The van der Waals surface area contributed by atoms with Gasteiger partial charge in [0.15, 0.2) is 0 Å². The van der Waals surface area contributed by atoms with Crippen molar-refractivity contribution in [2.45, 2.75) is 26.8 Å². The minimum Gasteiger partial charge on any atom is -0.496 e. The highest BCUT2D eigenvalue weighted by atomic mass is 16.5. The lowest BCUT2D eigenvalue weighted by Gasteiger charge is -2.13. The van der Waals surface area contributed by atoms with E-state index < -0.39 is 0 Å². The Kier molecular flexibility index (Phi) is 5.63. The van der Waals surface area contributed by atoms with E-state index in [1.165, 1.54) is 5.56 Å². The Morgan fingerprint density at radius 1 is 0.957 bits per heavy atom. The molecular weight excluding hydrogens is 290 g/mol. The zero-order valence-corrected chi connectivity index (χ0v) is 14.1. The number of carbonyl (C=O) groups is 1. The fourth-order valence-corrected chi connectivity index (χ4v) is 2.49. The van der Waals surface area contributed by atoms with Gasteiger partial charge in [0, 0.05) is 12.1 Å². The fraction of sp³-hybridized carbons (Fsp3) is 0.316. The van der Waals surface area contributed by atoms with Crippen molar-refractivity contribution in [3.8, 4) is 11.5 Å². The Labute approximate surface area is 137 Å². The van der Waals surface area contributed by atoms with Crippen LogP contribution in [0.3, 0.4) is 0 Å². The molecule has 2 aromatic carbocycles. The van der Waals surface area contributed by atoms with Gasteiger partial charge in [-0.2, -0.15) is 0 Å². The summed E-state index contributed by atoms with van der Waals surface area (Å²) in [4.78, 5) is 12.2. The van der Waals surface area contributed by atoms with Crippen molar-refractivity contribution in [3.05, 3.63) is 58.7 Å². The lowest BCUT2D eigenvalue weighted by Crippen LogP contribution is -2.25. The van der Waals surface area contributed by atoms with E-state index in [0.717, 1.165) is 22.4 Å². The van der Waals surface area contributed by atoms with Gasteiger partial charge in [-0.05, 0) is 42.7 Å². The number of nitrogens with one attached hydrogen (secondary N) is 1. The molecule has 0 heterocycles. The van der Waals surface area contributed by atoms with Crippen LogP contribution in [0.2, 0.25) is 0 Å². The van der Waals surface area contributed by atoms with Crippen LogP contribution in [0.25, 0.3) is 0 Å². The van der Waals surface area contributed by atoms with Crippen molar-refractivity contribution >= 4 is 5.91 Å². The Morgan fingerprint density at radius 2 is 1.65 bits per heavy atom. The average molecular weight is 313 g/mol. The van der Waals surface area contributed by atoms with Gasteiger partial charge >= 0.3 is 0 Å². The van der Waals surface area contributed by atoms with E-state index in [1.54, 1.807) is 14.2 Å². The van der Waals surface area contributed by atoms with Gasteiger partial charge in [-0.1, -0.05) is 24.3 Å². The quantitative estimate of drug-likeness (QED) is 0.891. The maximum absolute atomic E-state index is 12.2. The van der Waals surface area contributed by atoms with Crippen LogP contribution in [-0.2, 0) is 17.8 Å². The normalized spacial score (nSPS) is 10.3. The molecule has 0 saturated heterocycles. The predicted octanol–water partition coefficient (Wildman–Crippen LogP) is 3.18. The van der Waals surface area contributed by atoms with Gasteiger partial charge < -0.3 is 14.8 Å². The second-order valence-corrected chi connectivity index (χ2v) is 5.51. The van der Waals surface area contributed by atoms with E-state index in [0.29, 0.717) is 12.3 Å². The van der Waals surface area contributed by atoms with Crippen LogP contribution in [-0.4, -0.2) is 20.1 Å². The van der Waals surface area contributed by atoms with Crippen LogP contribution in [0, 0.1) is 13.8 Å². The van der Waals surface area contributed by atoms with Gasteiger partial charge in [0.1, 0.15) is 11.5 Å². The number of hydrogen-bond acceptors (Lipinski definition) is 3. The summed E-state index contributed by atoms with van der Waals surface area (Å²) >= 11 is 0. The lowest BCUT2D eigenvalue weighted by molar-refractivity contribution is -0.120. The molecule has 2 rings (SSSR count). The zero-order valence-electron chi connectivity index (χ0n) is 14.1. The first kappa shape index (κ1) is 16.9. The van der Waals surface area contributed by atoms with Gasteiger partial charge in [0.2, 0.25) is 5.91 Å². The van der Waals surface area contributed by atoms with E-state index in [9.17, 15) is 4.79 Å². The number of methoxy groups -OCH3 is 2. The molecule has 4 heteroatoms. The minimum absolute atomic E-state index is 0.0440. The minimum atomic E-state index is -0.0440. The standard InChI is InChI=1S/C19H23NO3/c1-13-7-5-6-8-15(13)12-20-19(21)11-16-10-17(22-3)14(2)9-18(16)23-4/h5-10H,11-12H2,1-4H3,(H,20,21). The van der Waals surface area contributed by atoms with Crippen molar-refractivity contribution in [2.75, 3.05) is 14.2 Å². The van der Waals surface area contributed by atoms with Crippen LogP contribution in [0.1, 0.15) is 22.3 Å². The summed E-state index contributed by atoms with van der Waals surface area (Å²) in [5.74, 6) is 1.42. The molecule has 1 N–H and O–H groups in total. The number of benzene rings is 2. The van der Waals surface area contributed by atoms with Crippen LogP contribution in [0.15, 0.2) is 36.4 Å². The van der Waals surface area contributed by atoms with Gasteiger partial charge in [-0.3, -0.25) is 4.79 Å². The molecule has 0 aliphatic heterocycles. The molecule has 1 amide bonds. The van der Waals surface area contributed by atoms with E-state index in [4.69, 9.17) is 9.47 Å². The molecule has 4 nitrogen and oxygen atoms in total. The van der Waals surface area contributed by atoms with E-state index in [2.05, 4.69) is 5.32 Å². The van der Waals surface area contributed by atoms with Gasteiger partial charge in [0.05, 0.1) is 20.6 Å². The predicted molar refractivity (Wildman–Crippen MR) is 91.0 cm³/mol. The smallest absolute Gasteiger partial charge is 0.224 e. The first-order valence-electron chi connectivity index (χ1n) is 7.58. The molecular formula is C19H23NO3. The van der Waals surface area contributed by atoms with Crippen molar-refractivity contribution < 1.29 is 14.3 Å². The van der Waals surface area contributed by atoms with E-state index in [1.807, 2.05) is 50.2 Å². The summed E-state index contributed by atoms with van der Waals surface area (Å²) in [5, 5.41) is 2.96. The molecule has 0 fully saturated rings. The Morgan fingerprint density at radius 3 is 2.30 bits per heavy atom. The van der Waals surface area contributed by atoms with Crippen LogP contribution in [0.4, 0.5) is 0 Å². The first-order valence-corrected chi connectivity index (χ1v) is 7.58. The van der Waals surface area contributed by atoms with Crippen molar-refractivity contribution in [1.29, 1.82) is 0 Å². The number of hydrogen-bond donors (Lipinski definition) is 1. The van der Waals surface area contributed by atoms with Crippen molar-refractivity contribution in [2.24, 2.45) is 0 Å². The fourth-order valence-electron chi connectivity index (χ4n) is 2.49. The molecule has 0 saturated carbocycles. The summed E-state index contributed by atoms with van der Waals surface area (Å²) in [6, 6.07) is 11.8. The number of aryl methyl sites for hydroxylation is 2. The molecule has 0 radical (unpaired) electrons. The SMILES string of the molecule is COc1cc(CC(=O)NCc2ccccc2C)c(OC)cc1C. The summed E-state index contributed by atoms with van der Waals surface area (Å²) < 4.78 is 10.7. The highest BCUT2D eigenvalue weighted by molar-refractivity contribution is 5.79. The molecule has 122 valence electrons. The largest absolute Gasteiger partial charge is 0.496 e. The molecule has 0 bridgehead atoms. The summed E-state index contributed by atoms with van der Waals surface area (Å²) in [5.41, 5.74) is 4.09. The zero-order chi connectivity index (χ0) is 16.8. The summed E-state index contributed by atoms with van der Waals surface area (Å²) in [6.45, 7) is 4.51. The Bertz CT molecular complexity index is 695. The molecule has 2 aromatic rings. The molecule has 0 aliphatic rings. The highest BCUT2D eigenvalue weighted by Gasteiger charge is 2.12. The molecule has 0 unspecified atom stereocenters. The van der Waals surface area contributed by atoms with Crippen LogP contribution < -0.4 is 14.8 Å². The number of rotatable bonds is 6. The van der Waals surface area contributed by atoms with E-state index in [-0.39, 0.29) is 12.3 Å². The molecule has 0 aromatic heterocycles. The van der Waals surface area contributed by atoms with E-state index >= 15 is 0 Å². The lowest BCUT2D eigenvalue weighted by atomic mass is 10.1. The third-order valence-corrected chi connectivity index (χ3v) is 3.89. The average Bonchev–Trinajstić information content (AvgIpc) is 2.55. The number of ether oxygens (including phenoxy) is 2. The summed E-state index contributed by atoms with van der Waals surface area (Å²) in [6.07, 6.45) is 0.256. The van der Waals surface area contributed by atoms with Gasteiger partial charge in [0.25, 0.3) is 0 Å². The van der Waals surface area contributed by atoms with Crippen LogP contribution in [0.5, 0.6) is 11.5 Å². The molecule has 0 spiro atoms. The molecule has 0 atom stereocenters. The molecule has 23 heavy (non-hydrogen) atoms.